The van der Waals surface area contributed by atoms with Crippen LogP contribution in [0.1, 0.15) is 5.56 Å². The zero-order valence-corrected chi connectivity index (χ0v) is 21.3. The van der Waals surface area contributed by atoms with Gasteiger partial charge < -0.3 is 9.47 Å². The van der Waals surface area contributed by atoms with Crippen LogP contribution in [0.4, 0.5) is 0 Å². The SMILES string of the molecule is COc1ccc(OC)c(C=NNC(=O)CSc2nc3ccccc3c(=O)n2-c2ccc(Br)cc2)c1. The molecule has 0 aliphatic heterocycles. The van der Waals surface area contributed by atoms with E-state index in [2.05, 4.69) is 31.4 Å². The molecule has 3 aromatic carbocycles. The van der Waals surface area contributed by atoms with Crippen molar-refractivity contribution in [2.45, 2.75) is 5.16 Å². The number of para-hydroxylation sites is 1. The quantitative estimate of drug-likeness (QED) is 0.150. The highest BCUT2D eigenvalue weighted by atomic mass is 79.9. The number of nitrogens with one attached hydrogen (secondary N) is 1. The van der Waals surface area contributed by atoms with Gasteiger partial charge in [-0.2, -0.15) is 5.10 Å². The molecule has 178 valence electrons. The number of thioether (sulfide) groups is 1. The van der Waals surface area contributed by atoms with Crippen LogP contribution in [-0.2, 0) is 4.79 Å². The fourth-order valence-corrected chi connectivity index (χ4v) is 4.37. The number of methoxy groups -OCH3 is 2. The third-order valence-electron chi connectivity index (χ3n) is 4.99. The van der Waals surface area contributed by atoms with Crippen LogP contribution >= 0.6 is 27.7 Å². The van der Waals surface area contributed by atoms with Crippen molar-refractivity contribution in [1.29, 1.82) is 0 Å². The van der Waals surface area contributed by atoms with Gasteiger partial charge in [0.2, 0.25) is 0 Å². The molecule has 10 heteroatoms. The second kappa shape index (κ2) is 11.2. The summed E-state index contributed by atoms with van der Waals surface area (Å²) < 4.78 is 12.9. The molecule has 0 atom stereocenters. The minimum atomic E-state index is -0.349. The van der Waals surface area contributed by atoms with E-state index in [-0.39, 0.29) is 17.2 Å². The minimum absolute atomic E-state index is 0.00783. The average Bonchev–Trinajstić information content (AvgIpc) is 2.88. The Kier molecular flexibility index (Phi) is 7.84. The first-order valence-electron chi connectivity index (χ1n) is 10.4. The first kappa shape index (κ1) is 24.5. The van der Waals surface area contributed by atoms with Crippen LogP contribution in [0.15, 0.2) is 86.3 Å². The number of hydrogen-bond acceptors (Lipinski definition) is 7. The Bertz CT molecular complexity index is 1450. The summed E-state index contributed by atoms with van der Waals surface area (Å²) in [6.07, 6.45) is 1.48. The lowest BCUT2D eigenvalue weighted by molar-refractivity contribution is -0.118. The molecule has 35 heavy (non-hydrogen) atoms. The molecule has 4 rings (SSSR count). The largest absolute Gasteiger partial charge is 0.497 e. The maximum Gasteiger partial charge on any atom is 0.266 e. The second-order valence-electron chi connectivity index (χ2n) is 7.22. The number of carbonyl (C=O) groups is 1. The molecule has 8 nitrogen and oxygen atoms in total. The Labute approximate surface area is 214 Å². The molecule has 0 spiro atoms. The van der Waals surface area contributed by atoms with Crippen molar-refractivity contribution in [3.63, 3.8) is 0 Å². The van der Waals surface area contributed by atoms with E-state index in [1.807, 2.05) is 30.3 Å². The first-order chi connectivity index (χ1) is 17.0. The molecular weight excluding hydrogens is 532 g/mol. The lowest BCUT2D eigenvalue weighted by Gasteiger charge is -2.13. The van der Waals surface area contributed by atoms with Crippen molar-refractivity contribution >= 4 is 50.7 Å². The van der Waals surface area contributed by atoms with Crippen LogP contribution in [-0.4, -0.2) is 41.6 Å². The number of halogens is 1. The number of amides is 1. The van der Waals surface area contributed by atoms with Crippen molar-refractivity contribution in [3.8, 4) is 17.2 Å². The van der Waals surface area contributed by atoms with E-state index >= 15 is 0 Å². The Hall–Kier alpha value is -3.63. The van der Waals surface area contributed by atoms with Crippen LogP contribution in [0.25, 0.3) is 16.6 Å². The summed E-state index contributed by atoms with van der Waals surface area (Å²) in [6.45, 7) is 0. The van der Waals surface area contributed by atoms with Gasteiger partial charge in [0.15, 0.2) is 5.16 Å². The van der Waals surface area contributed by atoms with Gasteiger partial charge in [-0.05, 0) is 54.6 Å². The highest BCUT2D eigenvalue weighted by Crippen LogP contribution is 2.23. The van der Waals surface area contributed by atoms with Gasteiger partial charge in [-0.25, -0.2) is 10.4 Å². The van der Waals surface area contributed by atoms with Crippen LogP contribution < -0.4 is 20.5 Å². The van der Waals surface area contributed by atoms with Gasteiger partial charge in [0.25, 0.3) is 11.5 Å². The second-order valence-corrected chi connectivity index (χ2v) is 9.08. The zero-order chi connectivity index (χ0) is 24.8. The normalized spacial score (nSPS) is 11.1. The number of hydrogen-bond donors (Lipinski definition) is 1. The standard InChI is InChI=1S/C25H21BrN4O4S/c1-33-19-11-12-22(34-2)16(13-19)14-27-29-23(31)15-35-25-28-21-6-4-3-5-20(21)24(32)30(25)18-9-7-17(26)8-10-18/h3-14H,15H2,1-2H3,(H,29,31). The predicted octanol–water partition coefficient (Wildman–Crippen LogP) is 4.41. The molecule has 0 saturated carbocycles. The van der Waals surface area contributed by atoms with Crippen molar-refractivity contribution in [2.24, 2.45) is 5.10 Å². The molecule has 4 aromatic rings. The van der Waals surface area contributed by atoms with E-state index in [9.17, 15) is 9.59 Å². The summed E-state index contributed by atoms with van der Waals surface area (Å²) in [4.78, 5) is 30.4. The average molecular weight is 553 g/mol. The number of benzene rings is 3. The third-order valence-corrected chi connectivity index (χ3v) is 6.46. The smallest absolute Gasteiger partial charge is 0.266 e. The molecule has 0 bridgehead atoms. The summed E-state index contributed by atoms with van der Waals surface area (Å²) in [5.74, 6) is 0.894. The van der Waals surface area contributed by atoms with Gasteiger partial charge in [-0.3, -0.25) is 14.2 Å². The fraction of sp³-hybridized carbons (Fsp3) is 0.120. The molecule has 1 aromatic heterocycles. The predicted molar refractivity (Wildman–Crippen MR) is 141 cm³/mol. The van der Waals surface area contributed by atoms with E-state index in [0.717, 1.165) is 16.2 Å². The molecule has 1 N–H and O–H groups in total. The number of ether oxygens (including phenoxy) is 2. The van der Waals surface area contributed by atoms with Gasteiger partial charge in [-0.15, -0.1) is 0 Å². The number of rotatable bonds is 8. The number of hydrazone groups is 1. The Morgan fingerprint density at radius 3 is 2.63 bits per heavy atom. The molecule has 0 fully saturated rings. The monoisotopic (exact) mass is 552 g/mol. The lowest BCUT2D eigenvalue weighted by atomic mass is 10.2. The van der Waals surface area contributed by atoms with Gasteiger partial charge in [-0.1, -0.05) is 39.8 Å². The van der Waals surface area contributed by atoms with E-state index in [0.29, 0.717) is 38.8 Å². The van der Waals surface area contributed by atoms with E-state index in [1.165, 1.54) is 10.8 Å². The molecule has 1 amide bonds. The Morgan fingerprint density at radius 2 is 1.89 bits per heavy atom. The summed E-state index contributed by atoms with van der Waals surface area (Å²) in [5.41, 5.74) is 4.17. The summed E-state index contributed by atoms with van der Waals surface area (Å²) >= 11 is 4.57. The number of carbonyl (C=O) groups excluding carboxylic acids is 1. The Balaban J connectivity index is 1.54. The van der Waals surface area contributed by atoms with Gasteiger partial charge >= 0.3 is 0 Å². The van der Waals surface area contributed by atoms with Crippen LogP contribution in [0, 0.1) is 0 Å². The topological polar surface area (TPSA) is 94.8 Å². The van der Waals surface area contributed by atoms with Crippen LogP contribution in [0.3, 0.4) is 0 Å². The maximum absolute atomic E-state index is 13.3. The highest BCUT2D eigenvalue weighted by Gasteiger charge is 2.15. The minimum Gasteiger partial charge on any atom is -0.497 e. The number of aromatic nitrogens is 2. The number of nitrogens with zero attached hydrogens (tertiary/aromatic N) is 3. The molecule has 0 aliphatic carbocycles. The third kappa shape index (κ3) is 5.72. The highest BCUT2D eigenvalue weighted by molar-refractivity contribution is 9.10. The summed E-state index contributed by atoms with van der Waals surface area (Å²) in [5, 5.41) is 4.94. The first-order valence-corrected chi connectivity index (χ1v) is 12.2. The maximum atomic E-state index is 13.3. The molecule has 0 aliphatic rings. The molecule has 1 heterocycles. The van der Waals surface area contributed by atoms with Crippen molar-refractivity contribution in [1.82, 2.24) is 15.0 Å². The van der Waals surface area contributed by atoms with Crippen LogP contribution in [0.5, 0.6) is 11.5 Å². The van der Waals surface area contributed by atoms with Crippen molar-refractivity contribution in [2.75, 3.05) is 20.0 Å². The summed E-state index contributed by atoms with van der Waals surface area (Å²) in [7, 11) is 3.12. The molecule has 0 unspecified atom stereocenters. The van der Waals surface area contributed by atoms with Crippen molar-refractivity contribution in [3.05, 3.63) is 87.1 Å². The van der Waals surface area contributed by atoms with Gasteiger partial charge in [0.05, 0.1) is 42.8 Å². The molecular formula is C25H21BrN4O4S. The van der Waals surface area contributed by atoms with Gasteiger partial charge in [0, 0.05) is 10.0 Å². The fourth-order valence-electron chi connectivity index (χ4n) is 3.30. The summed E-state index contributed by atoms with van der Waals surface area (Å²) in [6, 6.07) is 19.7. The zero-order valence-electron chi connectivity index (χ0n) is 18.9. The van der Waals surface area contributed by atoms with Crippen LogP contribution in [0.2, 0.25) is 0 Å². The Morgan fingerprint density at radius 1 is 1.11 bits per heavy atom. The van der Waals surface area contributed by atoms with E-state index in [4.69, 9.17) is 9.47 Å². The van der Waals surface area contributed by atoms with E-state index < -0.39 is 0 Å². The molecule has 0 saturated heterocycles. The van der Waals surface area contributed by atoms with E-state index in [1.54, 1.807) is 50.6 Å². The lowest BCUT2D eigenvalue weighted by Crippen LogP contribution is -2.24. The number of fused-ring (bicyclic) bond motifs is 1. The van der Waals surface area contributed by atoms with Gasteiger partial charge in [0.1, 0.15) is 11.5 Å². The van der Waals surface area contributed by atoms with Crippen molar-refractivity contribution < 1.29 is 14.3 Å². The molecule has 0 radical (unpaired) electrons.